The number of carboxylic acid groups (broad SMARTS) is 1. The van der Waals surface area contributed by atoms with E-state index >= 15 is 0 Å². The predicted octanol–water partition coefficient (Wildman–Crippen LogP) is 5.12. The van der Waals surface area contributed by atoms with Gasteiger partial charge in [-0.2, -0.15) is 0 Å². The second-order valence-electron chi connectivity index (χ2n) is 10.2. The third-order valence-corrected chi connectivity index (χ3v) is 7.19. The summed E-state index contributed by atoms with van der Waals surface area (Å²) in [6.07, 6.45) is -0.558. The van der Waals surface area contributed by atoms with E-state index in [1.807, 2.05) is 61.5 Å². The zero-order valence-corrected chi connectivity index (χ0v) is 22.8. The Kier molecular flexibility index (Phi) is 9.91. The van der Waals surface area contributed by atoms with Crippen molar-refractivity contribution in [1.29, 1.82) is 0 Å². The van der Waals surface area contributed by atoms with E-state index in [1.54, 1.807) is 6.92 Å². The Labute approximate surface area is 234 Å². The molecule has 0 fully saturated rings. The summed E-state index contributed by atoms with van der Waals surface area (Å²) >= 11 is 0. The monoisotopic (exact) mass is 544 g/mol. The third-order valence-electron chi connectivity index (χ3n) is 7.19. The van der Waals surface area contributed by atoms with Gasteiger partial charge in [0.1, 0.15) is 6.61 Å². The first-order valence-electron chi connectivity index (χ1n) is 13.6. The van der Waals surface area contributed by atoms with Gasteiger partial charge >= 0.3 is 12.1 Å². The summed E-state index contributed by atoms with van der Waals surface area (Å²) in [6.45, 7) is 4.33. The van der Waals surface area contributed by atoms with Gasteiger partial charge < -0.3 is 25.2 Å². The highest BCUT2D eigenvalue weighted by atomic mass is 16.5. The lowest BCUT2D eigenvalue weighted by Crippen LogP contribution is -2.48. The van der Waals surface area contributed by atoms with Gasteiger partial charge in [-0.15, -0.1) is 0 Å². The minimum atomic E-state index is -1.16. The molecule has 3 aromatic rings. The zero-order chi connectivity index (χ0) is 28.5. The minimum absolute atomic E-state index is 0.0120. The predicted molar refractivity (Wildman–Crippen MR) is 152 cm³/mol. The molecule has 3 aromatic carbocycles. The number of amides is 2. The highest BCUT2D eigenvalue weighted by Crippen LogP contribution is 2.44. The summed E-state index contributed by atoms with van der Waals surface area (Å²) in [5, 5.41) is 14.9. The molecule has 0 saturated carbocycles. The van der Waals surface area contributed by atoms with Crippen molar-refractivity contribution in [2.24, 2.45) is 5.92 Å². The number of hydrogen-bond donors (Lipinski definition) is 3. The molecule has 0 saturated heterocycles. The molecule has 4 rings (SSSR count). The summed E-state index contributed by atoms with van der Waals surface area (Å²) in [5.41, 5.74) is 5.55. The van der Waals surface area contributed by atoms with Crippen molar-refractivity contribution in [2.45, 2.75) is 51.4 Å². The third kappa shape index (κ3) is 7.48. The van der Waals surface area contributed by atoms with E-state index in [0.29, 0.717) is 13.0 Å². The van der Waals surface area contributed by atoms with Crippen LogP contribution in [0.4, 0.5) is 4.79 Å². The number of carbonyl (C=O) groups is 3. The van der Waals surface area contributed by atoms with Gasteiger partial charge in [0.15, 0.2) is 6.04 Å². The molecule has 0 spiro atoms. The first kappa shape index (κ1) is 28.8. The number of aliphatic carboxylic acids is 1. The van der Waals surface area contributed by atoms with Crippen LogP contribution in [-0.4, -0.2) is 48.4 Å². The van der Waals surface area contributed by atoms with Crippen molar-refractivity contribution in [3.63, 3.8) is 0 Å². The largest absolute Gasteiger partial charge is 0.480 e. The van der Waals surface area contributed by atoms with Gasteiger partial charge in [-0.3, -0.25) is 4.79 Å². The van der Waals surface area contributed by atoms with Crippen LogP contribution in [-0.2, 0) is 25.7 Å². The fourth-order valence-corrected chi connectivity index (χ4v) is 5.00. The van der Waals surface area contributed by atoms with Gasteiger partial charge in [-0.25, -0.2) is 9.59 Å². The first-order valence-corrected chi connectivity index (χ1v) is 13.6. The first-order chi connectivity index (χ1) is 19.3. The summed E-state index contributed by atoms with van der Waals surface area (Å²) in [4.78, 5) is 36.7. The molecule has 0 radical (unpaired) electrons. The lowest BCUT2D eigenvalue weighted by atomic mass is 9.98. The molecule has 1 aliphatic rings. The highest BCUT2D eigenvalue weighted by molar-refractivity contribution is 5.84. The molecule has 1 unspecified atom stereocenters. The van der Waals surface area contributed by atoms with Crippen LogP contribution in [0.3, 0.4) is 0 Å². The molecule has 0 bridgehead atoms. The van der Waals surface area contributed by atoms with Crippen molar-refractivity contribution >= 4 is 18.0 Å². The van der Waals surface area contributed by atoms with Crippen LogP contribution in [0.1, 0.15) is 49.3 Å². The van der Waals surface area contributed by atoms with Gasteiger partial charge in [0.25, 0.3) is 0 Å². The van der Waals surface area contributed by atoms with E-state index < -0.39 is 24.2 Å². The van der Waals surface area contributed by atoms with E-state index in [0.717, 1.165) is 16.7 Å². The van der Waals surface area contributed by atoms with Crippen molar-refractivity contribution < 1.29 is 29.0 Å². The van der Waals surface area contributed by atoms with Gasteiger partial charge in [0.2, 0.25) is 5.91 Å². The number of fused-ring (bicyclic) bond motifs is 3. The van der Waals surface area contributed by atoms with Crippen molar-refractivity contribution in [1.82, 2.24) is 10.6 Å². The van der Waals surface area contributed by atoms with Crippen molar-refractivity contribution in [3.05, 3.63) is 95.6 Å². The molecule has 2 amide bonds. The number of hydrogen-bond acceptors (Lipinski definition) is 5. The van der Waals surface area contributed by atoms with Crippen LogP contribution in [0.25, 0.3) is 11.1 Å². The SMILES string of the molecule is CC(CCNC(=O)OCC1c2ccccc2-c2ccccc21)CC(=O)N[C@H](C(=O)O)[C@@H](C)OCc1ccccc1. The summed E-state index contributed by atoms with van der Waals surface area (Å²) in [5.74, 6) is -1.62. The van der Waals surface area contributed by atoms with Gasteiger partial charge in [0.05, 0.1) is 12.7 Å². The lowest BCUT2D eigenvalue weighted by Gasteiger charge is -2.23. The van der Waals surface area contributed by atoms with Crippen LogP contribution in [0.2, 0.25) is 0 Å². The standard InChI is InChI=1S/C32H36N2O6/c1-21(18-29(35)34-30(31(36)37)22(2)39-19-23-10-4-3-5-11-23)16-17-33-32(38)40-20-28-26-14-8-6-12-24(26)25-13-7-9-15-27(25)28/h3-15,21-22,28,30H,16-20H2,1-2H3,(H,33,38)(H,34,35)(H,36,37)/t21?,22-,30+/m1/s1. The minimum Gasteiger partial charge on any atom is -0.480 e. The number of alkyl carbamates (subject to hydrolysis) is 1. The Morgan fingerprint density at radius 3 is 2.10 bits per heavy atom. The lowest BCUT2D eigenvalue weighted by molar-refractivity contribution is -0.146. The second-order valence-corrected chi connectivity index (χ2v) is 10.2. The topological polar surface area (TPSA) is 114 Å². The summed E-state index contributed by atoms with van der Waals surface area (Å²) in [7, 11) is 0. The summed E-state index contributed by atoms with van der Waals surface area (Å²) in [6, 6.07) is 24.6. The Hall–Kier alpha value is -4.17. The van der Waals surface area contributed by atoms with Gasteiger partial charge in [-0.1, -0.05) is 85.8 Å². The number of carboxylic acids is 1. The van der Waals surface area contributed by atoms with Gasteiger partial charge in [-0.05, 0) is 47.1 Å². The van der Waals surface area contributed by atoms with E-state index in [2.05, 4.69) is 34.9 Å². The number of carbonyl (C=O) groups excluding carboxylic acids is 2. The smallest absolute Gasteiger partial charge is 0.407 e. The van der Waals surface area contributed by atoms with Crippen LogP contribution >= 0.6 is 0 Å². The second kappa shape index (κ2) is 13.8. The van der Waals surface area contributed by atoms with E-state index in [-0.39, 0.29) is 37.4 Å². The Morgan fingerprint density at radius 1 is 0.875 bits per heavy atom. The summed E-state index contributed by atoms with van der Waals surface area (Å²) < 4.78 is 11.2. The number of benzene rings is 3. The Bertz CT molecular complexity index is 1270. The Balaban J connectivity index is 1.17. The van der Waals surface area contributed by atoms with Crippen LogP contribution < -0.4 is 10.6 Å². The van der Waals surface area contributed by atoms with Gasteiger partial charge in [0, 0.05) is 18.9 Å². The van der Waals surface area contributed by atoms with Crippen LogP contribution in [0, 0.1) is 5.92 Å². The fourth-order valence-electron chi connectivity index (χ4n) is 5.00. The molecular weight excluding hydrogens is 508 g/mol. The van der Waals surface area contributed by atoms with Crippen molar-refractivity contribution in [2.75, 3.05) is 13.2 Å². The van der Waals surface area contributed by atoms with E-state index in [4.69, 9.17) is 9.47 Å². The fraction of sp³-hybridized carbons (Fsp3) is 0.344. The molecule has 8 nitrogen and oxygen atoms in total. The normalized spacial score (nSPS) is 14.3. The molecule has 40 heavy (non-hydrogen) atoms. The molecule has 3 N–H and O–H groups in total. The molecule has 1 aliphatic carbocycles. The highest BCUT2D eigenvalue weighted by Gasteiger charge is 2.29. The van der Waals surface area contributed by atoms with Crippen LogP contribution in [0.5, 0.6) is 0 Å². The number of rotatable bonds is 13. The zero-order valence-electron chi connectivity index (χ0n) is 22.8. The molecule has 210 valence electrons. The molecule has 0 aliphatic heterocycles. The van der Waals surface area contributed by atoms with Crippen LogP contribution in [0.15, 0.2) is 78.9 Å². The quantitative estimate of drug-likeness (QED) is 0.275. The maximum absolute atomic E-state index is 12.6. The molecule has 8 heteroatoms. The molecule has 0 heterocycles. The number of nitrogens with one attached hydrogen (secondary N) is 2. The average Bonchev–Trinajstić information content (AvgIpc) is 3.27. The van der Waals surface area contributed by atoms with E-state index in [1.165, 1.54) is 11.1 Å². The molecular formula is C32H36N2O6. The maximum Gasteiger partial charge on any atom is 0.407 e. The van der Waals surface area contributed by atoms with Crippen molar-refractivity contribution in [3.8, 4) is 11.1 Å². The molecule has 3 atom stereocenters. The Morgan fingerprint density at radius 2 is 1.48 bits per heavy atom. The number of ether oxygens (including phenoxy) is 2. The van der Waals surface area contributed by atoms with E-state index in [9.17, 15) is 19.5 Å². The average molecular weight is 545 g/mol. The molecule has 0 aromatic heterocycles. The maximum atomic E-state index is 12.6.